The summed E-state index contributed by atoms with van der Waals surface area (Å²) >= 11 is 0. The summed E-state index contributed by atoms with van der Waals surface area (Å²) in [5, 5.41) is 11.0. The largest absolute Gasteiger partial charge is 0.347 e. The summed E-state index contributed by atoms with van der Waals surface area (Å²) in [6.45, 7) is 2.54. The molecule has 0 atom stereocenters. The predicted molar refractivity (Wildman–Crippen MR) is 76.4 cm³/mol. The summed E-state index contributed by atoms with van der Waals surface area (Å²) in [4.78, 5) is 12.0. The molecule has 1 aliphatic rings. The van der Waals surface area contributed by atoms with Crippen molar-refractivity contribution >= 4 is 5.91 Å². The second kappa shape index (κ2) is 5.41. The molecule has 1 aromatic carbocycles. The van der Waals surface area contributed by atoms with E-state index in [9.17, 15) is 4.79 Å². The third-order valence-corrected chi connectivity index (χ3v) is 3.45. The van der Waals surface area contributed by atoms with E-state index in [0.717, 1.165) is 11.3 Å². The molecule has 1 amide bonds. The lowest BCUT2D eigenvalue weighted by molar-refractivity contribution is 0.0945. The molecule has 1 heterocycles. The van der Waals surface area contributed by atoms with Gasteiger partial charge in [-0.1, -0.05) is 29.8 Å². The maximum atomic E-state index is 12.0. The minimum Gasteiger partial charge on any atom is -0.347 e. The number of amides is 1. The topological polar surface area (TPSA) is 54.9 Å². The zero-order valence-electron chi connectivity index (χ0n) is 11.5. The molecule has 1 aromatic heterocycles. The van der Waals surface area contributed by atoms with Gasteiger partial charge in [0.25, 0.3) is 5.91 Å². The van der Waals surface area contributed by atoms with Gasteiger partial charge in [-0.25, -0.2) is 0 Å². The maximum Gasteiger partial charge on any atom is 0.272 e. The maximum absolute atomic E-state index is 12.0. The zero-order chi connectivity index (χ0) is 13.9. The summed E-state index contributed by atoms with van der Waals surface area (Å²) in [6, 6.07) is 11.7. The number of carbonyl (C=O) groups is 1. The molecule has 4 nitrogen and oxygen atoms in total. The molecule has 4 heteroatoms. The molecular weight excluding hydrogens is 250 g/mol. The van der Waals surface area contributed by atoms with Crippen molar-refractivity contribution < 1.29 is 4.79 Å². The van der Waals surface area contributed by atoms with Gasteiger partial charge >= 0.3 is 0 Å². The van der Waals surface area contributed by atoms with Crippen molar-refractivity contribution in [3.8, 4) is 0 Å². The van der Waals surface area contributed by atoms with E-state index < -0.39 is 0 Å². The van der Waals surface area contributed by atoms with E-state index >= 15 is 0 Å². The SMILES string of the molecule is Cc1cccc(CNC(=O)c2ccc(C3CC3)nn2)c1. The molecule has 0 bridgehead atoms. The number of rotatable bonds is 4. The fraction of sp³-hybridized carbons (Fsp3) is 0.312. The lowest BCUT2D eigenvalue weighted by Crippen LogP contribution is -2.24. The van der Waals surface area contributed by atoms with Gasteiger partial charge in [-0.05, 0) is 37.5 Å². The fourth-order valence-corrected chi connectivity index (χ4v) is 2.16. The first kappa shape index (κ1) is 12.8. The Morgan fingerprint density at radius 2 is 2.10 bits per heavy atom. The van der Waals surface area contributed by atoms with Gasteiger partial charge in [-0.3, -0.25) is 4.79 Å². The Kier molecular flexibility index (Phi) is 3.46. The average molecular weight is 267 g/mol. The van der Waals surface area contributed by atoms with Crippen LogP contribution in [0, 0.1) is 6.92 Å². The first-order valence-electron chi connectivity index (χ1n) is 6.90. The Morgan fingerprint density at radius 3 is 2.75 bits per heavy atom. The number of hydrogen-bond donors (Lipinski definition) is 1. The first-order chi connectivity index (χ1) is 9.72. The van der Waals surface area contributed by atoms with E-state index in [1.807, 2.05) is 31.2 Å². The van der Waals surface area contributed by atoms with E-state index in [4.69, 9.17) is 0 Å². The second-order valence-corrected chi connectivity index (χ2v) is 5.29. The van der Waals surface area contributed by atoms with Crippen LogP contribution in [0.2, 0.25) is 0 Å². The molecule has 1 N–H and O–H groups in total. The summed E-state index contributed by atoms with van der Waals surface area (Å²) in [7, 11) is 0. The van der Waals surface area contributed by atoms with Gasteiger partial charge in [0.2, 0.25) is 0 Å². The third-order valence-electron chi connectivity index (χ3n) is 3.45. The van der Waals surface area contributed by atoms with Gasteiger partial charge in [0.15, 0.2) is 5.69 Å². The third kappa shape index (κ3) is 3.02. The molecule has 20 heavy (non-hydrogen) atoms. The van der Waals surface area contributed by atoms with Crippen LogP contribution < -0.4 is 5.32 Å². The van der Waals surface area contributed by atoms with E-state index in [1.165, 1.54) is 18.4 Å². The number of nitrogens with one attached hydrogen (secondary N) is 1. The smallest absolute Gasteiger partial charge is 0.272 e. The normalized spacial score (nSPS) is 14.1. The van der Waals surface area contributed by atoms with Crippen LogP contribution in [0.3, 0.4) is 0 Å². The van der Waals surface area contributed by atoms with E-state index in [1.54, 1.807) is 6.07 Å². The highest BCUT2D eigenvalue weighted by Crippen LogP contribution is 2.38. The molecule has 0 saturated heterocycles. The van der Waals surface area contributed by atoms with Crippen LogP contribution in [0.5, 0.6) is 0 Å². The van der Waals surface area contributed by atoms with Gasteiger partial charge in [-0.15, -0.1) is 5.10 Å². The molecule has 1 saturated carbocycles. The van der Waals surface area contributed by atoms with Crippen molar-refractivity contribution in [2.24, 2.45) is 0 Å². The number of carbonyl (C=O) groups excluding carboxylic acids is 1. The first-order valence-corrected chi connectivity index (χ1v) is 6.90. The van der Waals surface area contributed by atoms with Gasteiger partial charge in [0.1, 0.15) is 0 Å². The Morgan fingerprint density at radius 1 is 1.25 bits per heavy atom. The molecule has 102 valence electrons. The Bertz CT molecular complexity index is 618. The lowest BCUT2D eigenvalue weighted by atomic mass is 10.1. The van der Waals surface area contributed by atoms with Crippen molar-refractivity contribution in [3.63, 3.8) is 0 Å². The summed E-state index contributed by atoms with van der Waals surface area (Å²) in [5.41, 5.74) is 3.65. The molecule has 1 fully saturated rings. The average Bonchev–Trinajstić information content (AvgIpc) is 3.30. The van der Waals surface area contributed by atoms with Crippen molar-refractivity contribution in [3.05, 3.63) is 58.9 Å². The Balaban J connectivity index is 1.61. The monoisotopic (exact) mass is 267 g/mol. The highest BCUT2D eigenvalue weighted by atomic mass is 16.1. The Labute approximate surface area is 118 Å². The van der Waals surface area contributed by atoms with Gasteiger partial charge < -0.3 is 5.32 Å². The molecule has 2 aromatic rings. The minimum atomic E-state index is -0.179. The minimum absolute atomic E-state index is 0.179. The van der Waals surface area contributed by atoms with Crippen LogP contribution in [0.25, 0.3) is 0 Å². The van der Waals surface area contributed by atoms with Gasteiger partial charge in [-0.2, -0.15) is 5.10 Å². The summed E-state index contributed by atoms with van der Waals surface area (Å²) in [5.74, 6) is 0.383. The van der Waals surface area contributed by atoms with Crippen LogP contribution in [0.4, 0.5) is 0 Å². The van der Waals surface area contributed by atoms with E-state index in [-0.39, 0.29) is 5.91 Å². The highest BCUT2D eigenvalue weighted by molar-refractivity contribution is 5.91. The molecule has 0 radical (unpaired) electrons. The summed E-state index contributed by atoms with van der Waals surface area (Å²) < 4.78 is 0. The molecule has 1 aliphatic carbocycles. The molecule has 0 unspecified atom stereocenters. The van der Waals surface area contributed by atoms with Gasteiger partial charge in [0, 0.05) is 12.5 Å². The number of nitrogens with zero attached hydrogens (tertiary/aromatic N) is 2. The van der Waals surface area contributed by atoms with Crippen molar-refractivity contribution in [2.75, 3.05) is 0 Å². The van der Waals surface area contributed by atoms with Crippen LogP contribution in [0.1, 0.15) is 46.1 Å². The van der Waals surface area contributed by atoms with Gasteiger partial charge in [0.05, 0.1) is 5.69 Å². The van der Waals surface area contributed by atoms with Crippen molar-refractivity contribution in [1.29, 1.82) is 0 Å². The van der Waals surface area contributed by atoms with Crippen molar-refractivity contribution in [2.45, 2.75) is 32.2 Å². The zero-order valence-corrected chi connectivity index (χ0v) is 11.5. The van der Waals surface area contributed by atoms with E-state index in [2.05, 4.69) is 21.6 Å². The molecule has 0 spiro atoms. The lowest BCUT2D eigenvalue weighted by Gasteiger charge is -2.05. The number of benzene rings is 1. The van der Waals surface area contributed by atoms with Crippen LogP contribution in [0.15, 0.2) is 36.4 Å². The second-order valence-electron chi connectivity index (χ2n) is 5.29. The standard InChI is InChI=1S/C16H17N3O/c1-11-3-2-4-12(9-11)10-17-16(20)15-8-7-14(18-19-15)13-5-6-13/h2-4,7-9,13H,5-6,10H2,1H3,(H,17,20). The number of aryl methyl sites for hydroxylation is 1. The van der Waals surface area contributed by atoms with E-state index in [0.29, 0.717) is 18.2 Å². The van der Waals surface area contributed by atoms with Crippen LogP contribution >= 0.6 is 0 Å². The predicted octanol–water partition coefficient (Wildman–Crippen LogP) is 2.59. The molecule has 3 rings (SSSR count). The summed E-state index contributed by atoms with van der Waals surface area (Å²) in [6.07, 6.45) is 2.38. The molecule has 0 aliphatic heterocycles. The number of hydrogen-bond acceptors (Lipinski definition) is 3. The van der Waals surface area contributed by atoms with Crippen LogP contribution in [-0.2, 0) is 6.54 Å². The highest BCUT2D eigenvalue weighted by Gasteiger charge is 2.25. The molecular formula is C16H17N3O. The fourth-order valence-electron chi connectivity index (χ4n) is 2.16. The Hall–Kier alpha value is -2.23. The quantitative estimate of drug-likeness (QED) is 0.926. The van der Waals surface area contributed by atoms with Crippen molar-refractivity contribution in [1.82, 2.24) is 15.5 Å². The van der Waals surface area contributed by atoms with Crippen LogP contribution in [-0.4, -0.2) is 16.1 Å². The number of aromatic nitrogens is 2.